The number of methoxy groups -OCH3 is 4. The molecule has 0 aromatic heterocycles. The number of hydrogen-bond acceptors (Lipinski definition) is 4. The summed E-state index contributed by atoms with van der Waals surface area (Å²) < 4.78 is 25.8. The summed E-state index contributed by atoms with van der Waals surface area (Å²) in [7, 11) is 10.9. The van der Waals surface area contributed by atoms with Gasteiger partial charge in [0.05, 0.1) is 28.4 Å². The fourth-order valence-corrected chi connectivity index (χ4v) is 4.25. The molecule has 4 rings (SSSR count). The quantitative estimate of drug-likeness (QED) is 0.399. The third kappa shape index (κ3) is 5.62. The molecule has 0 saturated carbocycles. The molecule has 2 aromatic carbocycles. The van der Waals surface area contributed by atoms with Crippen LogP contribution in [0.5, 0.6) is 23.0 Å². The second-order valence-electron chi connectivity index (χ2n) is 8.24. The van der Waals surface area contributed by atoms with Gasteiger partial charge < -0.3 is 44.4 Å². The van der Waals surface area contributed by atoms with Crippen molar-refractivity contribution in [1.82, 2.24) is 0 Å². The molecule has 0 atom stereocenters. The van der Waals surface area contributed by atoms with Gasteiger partial charge in [0.1, 0.15) is 27.2 Å². The van der Waals surface area contributed by atoms with Gasteiger partial charge in [0, 0.05) is 37.8 Å². The zero-order chi connectivity index (χ0) is 23.4. The second-order valence-corrected chi connectivity index (χ2v) is 8.24. The van der Waals surface area contributed by atoms with Crippen molar-refractivity contribution in [3.8, 4) is 23.0 Å². The lowest BCUT2D eigenvalue weighted by Gasteiger charge is -2.17. The van der Waals surface area contributed by atoms with E-state index in [0.717, 1.165) is 48.9 Å². The van der Waals surface area contributed by atoms with Gasteiger partial charge in [-0.2, -0.15) is 0 Å². The van der Waals surface area contributed by atoms with Crippen LogP contribution in [0.25, 0.3) is 0 Å². The summed E-state index contributed by atoms with van der Waals surface area (Å²) in [5, 5.41) is 0. The van der Waals surface area contributed by atoms with Gasteiger partial charge in [-0.05, 0) is 35.4 Å². The van der Waals surface area contributed by atoms with Crippen LogP contribution in [0.4, 0.5) is 0 Å². The van der Waals surface area contributed by atoms with Crippen LogP contribution in [0.2, 0.25) is 0 Å². The first kappa shape index (κ1) is 27.0. The maximum absolute atomic E-state index is 5.33. The summed E-state index contributed by atoms with van der Waals surface area (Å²) in [5.74, 6) is 3.24. The van der Waals surface area contributed by atoms with Crippen molar-refractivity contribution in [1.29, 1.82) is 0 Å². The maximum atomic E-state index is 5.33. The van der Waals surface area contributed by atoms with Gasteiger partial charge in [0.2, 0.25) is 0 Å². The van der Waals surface area contributed by atoms with Gasteiger partial charge >= 0.3 is 0 Å². The topological polar surface area (TPSA) is 42.9 Å². The average molecular weight is 568 g/mol. The zero-order valence-corrected chi connectivity index (χ0v) is 23.2. The summed E-state index contributed by atoms with van der Waals surface area (Å²) in [6, 6.07) is 8.31. The number of fused-ring (bicyclic) bond motifs is 2. The standard InChI is InChI=1S/2C13H18NO2.HI.H/c2*1-9-11-8-13(16-4)12(15-3)7-10(11)5-6-14(9)2;;/h2*7-8H,5-6H2,1-4H3;1H;/q2*+1;;-1/p-1. The molecule has 0 aliphatic carbocycles. The number of halogens is 1. The van der Waals surface area contributed by atoms with E-state index in [1.807, 2.05) is 0 Å². The predicted molar refractivity (Wildman–Crippen MR) is 129 cm³/mol. The van der Waals surface area contributed by atoms with Crippen molar-refractivity contribution in [2.45, 2.75) is 26.7 Å². The van der Waals surface area contributed by atoms with Crippen LogP contribution in [-0.4, -0.2) is 76.2 Å². The Balaban J connectivity index is 0.000000321. The van der Waals surface area contributed by atoms with Crippen LogP contribution in [0, 0.1) is 0 Å². The number of nitrogens with zero attached hydrogens (tertiary/aromatic N) is 2. The van der Waals surface area contributed by atoms with Crippen LogP contribution in [0.3, 0.4) is 0 Å². The molecule has 7 heteroatoms. The van der Waals surface area contributed by atoms with E-state index in [1.165, 1.54) is 33.7 Å². The predicted octanol–water partition coefficient (Wildman–Crippen LogP) is 0.539. The largest absolute Gasteiger partial charge is 1.00 e. The van der Waals surface area contributed by atoms with Crippen LogP contribution < -0.4 is 42.9 Å². The smallest absolute Gasteiger partial charge is 0.180 e. The van der Waals surface area contributed by atoms with E-state index >= 15 is 0 Å². The van der Waals surface area contributed by atoms with Crippen LogP contribution in [-0.2, 0) is 12.8 Å². The first-order valence-corrected chi connectivity index (χ1v) is 10.9. The Morgan fingerprint density at radius 2 is 0.909 bits per heavy atom. The van der Waals surface area contributed by atoms with E-state index in [-0.39, 0.29) is 25.4 Å². The third-order valence-electron chi connectivity index (χ3n) is 6.58. The normalized spacial score (nSPS) is 14.3. The van der Waals surface area contributed by atoms with Crippen molar-refractivity contribution in [2.75, 3.05) is 55.6 Å². The minimum atomic E-state index is 0. The van der Waals surface area contributed by atoms with Crippen molar-refractivity contribution in [3.05, 3.63) is 46.5 Å². The molecule has 182 valence electrons. The fourth-order valence-electron chi connectivity index (χ4n) is 4.25. The maximum Gasteiger partial charge on any atom is 0.180 e. The molecule has 0 saturated heterocycles. The Morgan fingerprint density at radius 3 is 1.21 bits per heavy atom. The molecule has 0 bridgehead atoms. The summed E-state index contributed by atoms with van der Waals surface area (Å²) in [6.45, 7) is 6.41. The van der Waals surface area contributed by atoms with Crippen LogP contribution in [0.1, 0.15) is 37.5 Å². The molecule has 0 spiro atoms. The van der Waals surface area contributed by atoms with Crippen molar-refractivity contribution in [3.63, 3.8) is 0 Å². The number of rotatable bonds is 4. The highest BCUT2D eigenvalue weighted by Crippen LogP contribution is 2.33. The van der Waals surface area contributed by atoms with Crippen molar-refractivity contribution in [2.24, 2.45) is 0 Å². The van der Waals surface area contributed by atoms with E-state index in [9.17, 15) is 0 Å². The van der Waals surface area contributed by atoms with Gasteiger partial charge in [0.15, 0.2) is 34.4 Å². The molecule has 0 unspecified atom stereocenters. The molecular weight excluding hydrogens is 531 g/mol. The Hall–Kier alpha value is -2.29. The van der Waals surface area contributed by atoms with Crippen LogP contribution >= 0.6 is 0 Å². The molecule has 6 nitrogen and oxygen atoms in total. The summed E-state index contributed by atoms with van der Waals surface area (Å²) in [5.41, 5.74) is 7.81. The summed E-state index contributed by atoms with van der Waals surface area (Å²) in [6.07, 6.45) is 2.12. The number of benzene rings is 2. The highest BCUT2D eigenvalue weighted by atomic mass is 127. The fraction of sp³-hybridized carbons (Fsp3) is 0.462. The van der Waals surface area contributed by atoms with Gasteiger partial charge in [-0.1, -0.05) is 0 Å². The first-order valence-electron chi connectivity index (χ1n) is 10.9. The van der Waals surface area contributed by atoms with E-state index in [1.54, 1.807) is 28.4 Å². The molecule has 0 N–H and O–H groups in total. The molecule has 2 heterocycles. The summed E-state index contributed by atoms with van der Waals surface area (Å²) >= 11 is 0. The van der Waals surface area contributed by atoms with E-state index in [4.69, 9.17) is 18.9 Å². The molecule has 0 radical (unpaired) electrons. The lowest BCUT2D eigenvalue weighted by atomic mass is 9.97. The average Bonchev–Trinajstić information content (AvgIpc) is 2.82. The van der Waals surface area contributed by atoms with Gasteiger partial charge in [-0.15, -0.1) is 0 Å². The molecule has 0 amide bonds. The number of ether oxygens (including phenoxy) is 4. The Morgan fingerprint density at radius 1 is 0.606 bits per heavy atom. The van der Waals surface area contributed by atoms with Gasteiger partial charge in [-0.3, -0.25) is 0 Å². The van der Waals surface area contributed by atoms with E-state index in [0.29, 0.717) is 0 Å². The highest BCUT2D eigenvalue weighted by molar-refractivity contribution is 5.98. The Bertz CT molecular complexity index is 997. The Kier molecular flexibility index (Phi) is 9.57. The molecular formula is C26H37IN2O4. The second kappa shape index (κ2) is 11.7. The minimum Gasteiger partial charge on any atom is -1.00 e. The lowest BCUT2D eigenvalue weighted by Crippen LogP contribution is -3.00. The van der Waals surface area contributed by atoms with Gasteiger partial charge in [-0.25, -0.2) is 9.15 Å². The summed E-state index contributed by atoms with van der Waals surface area (Å²) in [4.78, 5) is 0. The van der Waals surface area contributed by atoms with E-state index in [2.05, 4.69) is 61.4 Å². The highest BCUT2D eigenvalue weighted by Gasteiger charge is 2.23. The lowest BCUT2D eigenvalue weighted by molar-refractivity contribution is -0.498. The van der Waals surface area contributed by atoms with Crippen LogP contribution in [0.15, 0.2) is 24.3 Å². The minimum absolute atomic E-state index is 0. The van der Waals surface area contributed by atoms with Crippen molar-refractivity contribution < 1.29 is 53.5 Å². The zero-order valence-electron chi connectivity index (χ0n) is 22.0. The molecule has 2 aliphatic heterocycles. The Labute approximate surface area is 216 Å². The third-order valence-corrected chi connectivity index (χ3v) is 6.58. The SMILES string of the molecule is COc1cc2c(cc1OC)C(C)=[N+](C)CC2.COc1cc2c(cc1OC)C(C)=[N+](C)CC2.[H-].[I-]. The van der Waals surface area contributed by atoms with Crippen molar-refractivity contribution >= 4 is 11.4 Å². The molecule has 33 heavy (non-hydrogen) atoms. The monoisotopic (exact) mass is 568 g/mol. The number of hydrogen-bond donors (Lipinski definition) is 0. The number of likely N-dealkylation sites (N-methyl/N-ethyl adjacent to an activating group) is 2. The molecule has 2 aromatic rings. The van der Waals surface area contributed by atoms with Gasteiger partial charge in [0.25, 0.3) is 0 Å². The molecule has 2 aliphatic rings. The molecule has 0 fully saturated rings. The first-order chi connectivity index (χ1) is 15.3. The van der Waals surface area contributed by atoms with E-state index < -0.39 is 0 Å².